The molecule has 18 heavy (non-hydrogen) atoms. The summed E-state index contributed by atoms with van der Waals surface area (Å²) in [5, 5.41) is 3.10. The van der Waals surface area contributed by atoms with Crippen molar-refractivity contribution in [2.24, 2.45) is 11.7 Å². The molecule has 0 aromatic carbocycles. The van der Waals surface area contributed by atoms with Crippen LogP contribution in [0, 0.1) is 5.92 Å². The smallest absolute Gasteiger partial charge is 0.155 e. The number of thioether (sulfide) groups is 1. The molecule has 0 aromatic heterocycles. The van der Waals surface area contributed by atoms with Crippen LogP contribution in [0.4, 0.5) is 0 Å². The summed E-state index contributed by atoms with van der Waals surface area (Å²) in [6.45, 7) is 8.34. The molecule has 0 saturated carbocycles. The molecular weight excluding hydrogens is 248 g/mol. The van der Waals surface area contributed by atoms with Gasteiger partial charge in [-0.05, 0) is 37.6 Å². The van der Waals surface area contributed by atoms with Gasteiger partial charge in [-0.3, -0.25) is 0 Å². The average molecular weight is 276 g/mol. The fourth-order valence-corrected chi connectivity index (χ4v) is 2.02. The predicted octanol–water partition coefficient (Wildman–Crippen LogP) is 2.17. The topological polar surface area (TPSA) is 56.5 Å². The Kier molecular flexibility index (Phi) is 11.7. The van der Waals surface area contributed by atoms with E-state index in [4.69, 9.17) is 15.5 Å². The molecule has 0 rings (SSSR count). The molecule has 0 unspecified atom stereocenters. The second-order valence-electron chi connectivity index (χ2n) is 4.65. The second kappa shape index (κ2) is 11.8. The van der Waals surface area contributed by atoms with E-state index in [2.05, 4.69) is 26.1 Å². The average Bonchev–Trinajstić information content (AvgIpc) is 2.33. The fraction of sp³-hybridized carbons (Fsp3) is 0.846. The molecule has 0 saturated heterocycles. The first-order chi connectivity index (χ1) is 8.61. The van der Waals surface area contributed by atoms with E-state index in [1.165, 1.54) is 5.57 Å². The van der Waals surface area contributed by atoms with Crippen LogP contribution in [0.2, 0.25) is 0 Å². The maximum absolute atomic E-state index is 5.46. The van der Waals surface area contributed by atoms with Gasteiger partial charge in [0.15, 0.2) is 5.76 Å². The summed E-state index contributed by atoms with van der Waals surface area (Å²) in [6, 6.07) is 0. The van der Waals surface area contributed by atoms with Crippen molar-refractivity contribution in [2.45, 2.75) is 27.2 Å². The molecule has 0 radical (unpaired) electrons. The number of hydrogen-bond acceptors (Lipinski definition) is 5. The van der Waals surface area contributed by atoms with Crippen LogP contribution in [0.25, 0.3) is 0 Å². The Hall–Kier alpha value is -0.230. The van der Waals surface area contributed by atoms with Gasteiger partial charge in [-0.15, -0.1) is 0 Å². The van der Waals surface area contributed by atoms with E-state index in [-0.39, 0.29) is 0 Å². The Morgan fingerprint density at radius 3 is 2.61 bits per heavy atom. The molecular formula is C13H28N2O2S. The fourth-order valence-electron chi connectivity index (χ4n) is 1.20. The van der Waals surface area contributed by atoms with Crippen LogP contribution < -0.4 is 11.1 Å². The number of allylic oxidation sites excluding steroid dienone is 1. The number of nitrogens with one attached hydrogen (secondary N) is 1. The quantitative estimate of drug-likeness (QED) is 0.262. The van der Waals surface area contributed by atoms with Crippen molar-refractivity contribution in [3.63, 3.8) is 0 Å². The summed E-state index contributed by atoms with van der Waals surface area (Å²) in [6.07, 6.45) is 1.01. The third-order valence-corrected chi connectivity index (χ3v) is 3.27. The van der Waals surface area contributed by atoms with Gasteiger partial charge in [-0.25, -0.2) is 0 Å². The predicted molar refractivity (Wildman–Crippen MR) is 79.5 cm³/mol. The van der Waals surface area contributed by atoms with Crippen LogP contribution in [0.5, 0.6) is 0 Å². The number of nitrogens with two attached hydrogens (primary N) is 1. The van der Waals surface area contributed by atoms with Gasteiger partial charge in [0.05, 0.1) is 13.2 Å². The summed E-state index contributed by atoms with van der Waals surface area (Å²) in [5.41, 5.74) is 6.69. The summed E-state index contributed by atoms with van der Waals surface area (Å²) in [7, 11) is 1.91. The summed E-state index contributed by atoms with van der Waals surface area (Å²) in [5.74, 6) is 3.45. The van der Waals surface area contributed by atoms with Crippen LogP contribution in [0.3, 0.4) is 0 Å². The number of likely N-dealkylation sites (N-methyl/N-ethyl adjacent to an activating group) is 1. The first-order valence-corrected chi connectivity index (χ1v) is 7.67. The lowest BCUT2D eigenvalue weighted by atomic mass is 10.2. The Labute approximate surface area is 116 Å². The Morgan fingerprint density at radius 1 is 1.33 bits per heavy atom. The lowest BCUT2D eigenvalue weighted by Gasteiger charge is -2.13. The molecule has 0 heterocycles. The minimum Gasteiger partial charge on any atom is -0.341 e. The van der Waals surface area contributed by atoms with Crippen LogP contribution in [0.1, 0.15) is 27.2 Å². The van der Waals surface area contributed by atoms with Crippen molar-refractivity contribution in [2.75, 3.05) is 38.2 Å². The van der Waals surface area contributed by atoms with E-state index in [9.17, 15) is 0 Å². The minimum atomic E-state index is 0.473. The van der Waals surface area contributed by atoms with E-state index in [0.29, 0.717) is 19.1 Å². The zero-order chi connectivity index (χ0) is 13.8. The lowest BCUT2D eigenvalue weighted by molar-refractivity contribution is -0.269. The highest BCUT2D eigenvalue weighted by Gasteiger charge is 2.06. The molecule has 3 N–H and O–H groups in total. The Bertz CT molecular complexity index is 233. The third-order valence-electron chi connectivity index (χ3n) is 2.26. The zero-order valence-corrected chi connectivity index (χ0v) is 12.9. The highest BCUT2D eigenvalue weighted by Crippen LogP contribution is 2.14. The van der Waals surface area contributed by atoms with Gasteiger partial charge in [-0.1, -0.05) is 13.8 Å². The summed E-state index contributed by atoms with van der Waals surface area (Å²) in [4.78, 5) is 10.6. The molecule has 0 spiro atoms. The van der Waals surface area contributed by atoms with E-state index >= 15 is 0 Å². The van der Waals surface area contributed by atoms with Gasteiger partial charge in [0.2, 0.25) is 0 Å². The molecule has 0 bridgehead atoms. The SMILES string of the molecule is CNC/C(OOCC(C)C)=C(\C)CCSCCN. The second-order valence-corrected chi connectivity index (χ2v) is 5.87. The van der Waals surface area contributed by atoms with E-state index < -0.39 is 0 Å². The van der Waals surface area contributed by atoms with Gasteiger partial charge in [0.25, 0.3) is 0 Å². The largest absolute Gasteiger partial charge is 0.341 e. The molecule has 0 fully saturated rings. The molecule has 0 aliphatic heterocycles. The first-order valence-electron chi connectivity index (χ1n) is 6.52. The van der Waals surface area contributed by atoms with Gasteiger partial charge in [-0.2, -0.15) is 16.6 Å². The van der Waals surface area contributed by atoms with Gasteiger partial charge in [0, 0.05) is 12.3 Å². The van der Waals surface area contributed by atoms with Crippen molar-refractivity contribution in [1.29, 1.82) is 0 Å². The number of hydrogen-bond donors (Lipinski definition) is 2. The molecule has 0 aliphatic rings. The zero-order valence-electron chi connectivity index (χ0n) is 12.1. The summed E-state index contributed by atoms with van der Waals surface area (Å²) < 4.78 is 0. The maximum Gasteiger partial charge on any atom is 0.155 e. The highest BCUT2D eigenvalue weighted by atomic mass is 32.2. The van der Waals surface area contributed by atoms with Crippen molar-refractivity contribution in [1.82, 2.24) is 5.32 Å². The van der Waals surface area contributed by atoms with E-state index in [0.717, 1.165) is 30.2 Å². The van der Waals surface area contributed by atoms with Gasteiger partial charge >= 0.3 is 0 Å². The highest BCUT2D eigenvalue weighted by molar-refractivity contribution is 7.99. The molecule has 0 aromatic rings. The molecule has 108 valence electrons. The number of rotatable bonds is 11. The minimum absolute atomic E-state index is 0.473. The normalized spacial score (nSPS) is 12.8. The maximum atomic E-state index is 5.46. The van der Waals surface area contributed by atoms with Crippen molar-refractivity contribution < 1.29 is 9.78 Å². The Balaban J connectivity index is 4.07. The monoisotopic (exact) mass is 276 g/mol. The molecule has 0 amide bonds. The summed E-state index contributed by atoms with van der Waals surface area (Å²) >= 11 is 1.87. The Morgan fingerprint density at radius 2 is 2.06 bits per heavy atom. The molecule has 4 nitrogen and oxygen atoms in total. The van der Waals surface area contributed by atoms with E-state index in [1.54, 1.807) is 0 Å². The van der Waals surface area contributed by atoms with Crippen LogP contribution >= 0.6 is 11.8 Å². The molecule has 0 atom stereocenters. The third kappa shape index (κ3) is 9.76. The standard InChI is InChI=1S/C13H28N2O2S/c1-11(2)10-16-17-13(9-15-4)12(3)5-7-18-8-6-14/h11,15H,5-10,14H2,1-4H3/b13-12-. The van der Waals surface area contributed by atoms with E-state index in [1.807, 2.05) is 18.8 Å². The van der Waals surface area contributed by atoms with Crippen LogP contribution in [-0.2, 0) is 9.78 Å². The van der Waals surface area contributed by atoms with Gasteiger partial charge in [0.1, 0.15) is 0 Å². The van der Waals surface area contributed by atoms with Crippen molar-refractivity contribution >= 4 is 11.8 Å². The van der Waals surface area contributed by atoms with Crippen molar-refractivity contribution in [3.05, 3.63) is 11.3 Å². The van der Waals surface area contributed by atoms with Crippen LogP contribution in [0.15, 0.2) is 11.3 Å². The molecule has 5 heteroatoms. The van der Waals surface area contributed by atoms with Crippen LogP contribution in [-0.4, -0.2) is 38.2 Å². The first kappa shape index (κ1) is 17.8. The lowest BCUT2D eigenvalue weighted by Crippen LogP contribution is -2.16. The van der Waals surface area contributed by atoms with Crippen molar-refractivity contribution in [3.8, 4) is 0 Å². The molecule has 0 aliphatic carbocycles. The van der Waals surface area contributed by atoms with Gasteiger partial charge < -0.3 is 15.9 Å².